The van der Waals surface area contributed by atoms with Gasteiger partial charge in [0, 0.05) is 29.0 Å². The first-order valence-corrected chi connectivity index (χ1v) is 8.26. The maximum Gasteiger partial charge on any atom is 0.0488 e. The molecule has 2 nitrogen and oxygen atoms in total. The lowest BCUT2D eigenvalue weighted by atomic mass is 10.0. The molecule has 0 spiro atoms. The Morgan fingerprint density at radius 2 is 1.82 bits per heavy atom. The van der Waals surface area contributed by atoms with Gasteiger partial charge in [0.15, 0.2) is 0 Å². The Hall–Kier alpha value is -1.67. The fraction of sp³-hybridized carbons (Fsp3) is 0.368. The highest BCUT2D eigenvalue weighted by Crippen LogP contribution is 2.27. The van der Waals surface area contributed by atoms with E-state index in [1.54, 1.807) is 0 Å². The van der Waals surface area contributed by atoms with Crippen LogP contribution in [-0.4, -0.2) is 6.54 Å². The van der Waals surface area contributed by atoms with Crippen molar-refractivity contribution in [1.82, 2.24) is 0 Å². The van der Waals surface area contributed by atoms with Crippen molar-refractivity contribution in [1.29, 1.82) is 0 Å². The molecule has 22 heavy (non-hydrogen) atoms. The molecule has 2 aromatic rings. The van der Waals surface area contributed by atoms with Crippen LogP contribution in [0.15, 0.2) is 36.4 Å². The molecule has 0 saturated carbocycles. The number of nitrogens with one attached hydrogen (secondary N) is 2. The molecule has 3 heteroatoms. The van der Waals surface area contributed by atoms with E-state index in [0.717, 1.165) is 23.7 Å². The Morgan fingerprint density at radius 1 is 1.05 bits per heavy atom. The van der Waals surface area contributed by atoms with Gasteiger partial charge in [0.1, 0.15) is 0 Å². The predicted octanol–water partition coefficient (Wildman–Crippen LogP) is 5.95. The van der Waals surface area contributed by atoms with Gasteiger partial charge >= 0.3 is 0 Å². The van der Waals surface area contributed by atoms with Crippen LogP contribution >= 0.6 is 11.6 Å². The molecule has 0 bridgehead atoms. The standard InChI is InChI=1S/C19H25ClN2/c1-5-10-21-17-8-6-13(2)19(12-17)22-15(4)18-9-7-16(20)11-14(18)3/h6-9,11-12,15,21-22H,5,10H2,1-4H3. The second-order valence-electron chi connectivity index (χ2n) is 5.82. The molecule has 2 aromatic carbocycles. The van der Waals surface area contributed by atoms with Crippen LogP contribution in [0.1, 0.15) is 43.0 Å². The molecule has 118 valence electrons. The summed E-state index contributed by atoms with van der Waals surface area (Å²) in [6.07, 6.45) is 1.12. The van der Waals surface area contributed by atoms with Gasteiger partial charge in [-0.3, -0.25) is 0 Å². The number of hydrogen-bond donors (Lipinski definition) is 2. The highest BCUT2D eigenvalue weighted by atomic mass is 35.5. The van der Waals surface area contributed by atoms with Crippen molar-refractivity contribution in [2.75, 3.05) is 17.2 Å². The van der Waals surface area contributed by atoms with Crippen molar-refractivity contribution in [3.05, 3.63) is 58.1 Å². The van der Waals surface area contributed by atoms with Gasteiger partial charge in [-0.15, -0.1) is 0 Å². The van der Waals surface area contributed by atoms with Crippen LogP contribution in [-0.2, 0) is 0 Å². The predicted molar refractivity (Wildman–Crippen MR) is 98.2 cm³/mol. The quantitative estimate of drug-likeness (QED) is 0.688. The van der Waals surface area contributed by atoms with Crippen molar-refractivity contribution in [3.8, 4) is 0 Å². The van der Waals surface area contributed by atoms with Crippen molar-refractivity contribution in [3.63, 3.8) is 0 Å². The first-order valence-electron chi connectivity index (χ1n) is 7.88. The monoisotopic (exact) mass is 316 g/mol. The van der Waals surface area contributed by atoms with E-state index in [1.807, 2.05) is 12.1 Å². The molecule has 2 N–H and O–H groups in total. The molecule has 0 heterocycles. The molecule has 0 saturated heterocycles. The van der Waals surface area contributed by atoms with Gasteiger partial charge in [0.25, 0.3) is 0 Å². The molecule has 0 aliphatic rings. The largest absolute Gasteiger partial charge is 0.385 e. The second-order valence-corrected chi connectivity index (χ2v) is 6.26. The van der Waals surface area contributed by atoms with E-state index >= 15 is 0 Å². The third kappa shape index (κ3) is 4.17. The minimum atomic E-state index is 0.234. The highest BCUT2D eigenvalue weighted by Gasteiger charge is 2.10. The Bertz CT molecular complexity index is 637. The van der Waals surface area contributed by atoms with Crippen LogP contribution in [0, 0.1) is 13.8 Å². The molecule has 1 unspecified atom stereocenters. The van der Waals surface area contributed by atoms with Gasteiger partial charge in [0.05, 0.1) is 0 Å². The van der Waals surface area contributed by atoms with Crippen molar-refractivity contribution in [2.45, 2.75) is 40.2 Å². The van der Waals surface area contributed by atoms with Gasteiger partial charge in [-0.25, -0.2) is 0 Å². The van der Waals surface area contributed by atoms with Gasteiger partial charge in [-0.2, -0.15) is 0 Å². The molecule has 0 amide bonds. The Balaban J connectivity index is 2.18. The van der Waals surface area contributed by atoms with Crippen LogP contribution < -0.4 is 10.6 Å². The molecule has 0 fully saturated rings. The number of aryl methyl sites for hydroxylation is 2. The zero-order chi connectivity index (χ0) is 16.1. The molecular weight excluding hydrogens is 292 g/mol. The first kappa shape index (κ1) is 16.7. The maximum atomic E-state index is 6.05. The fourth-order valence-electron chi connectivity index (χ4n) is 2.59. The van der Waals surface area contributed by atoms with Crippen LogP contribution in [0.25, 0.3) is 0 Å². The van der Waals surface area contributed by atoms with Crippen LogP contribution in [0.4, 0.5) is 11.4 Å². The van der Waals surface area contributed by atoms with Crippen molar-refractivity contribution >= 4 is 23.0 Å². The lowest BCUT2D eigenvalue weighted by molar-refractivity contribution is 0.872. The van der Waals surface area contributed by atoms with Crippen LogP contribution in [0.2, 0.25) is 5.02 Å². The van der Waals surface area contributed by atoms with E-state index in [1.165, 1.54) is 22.4 Å². The lowest BCUT2D eigenvalue weighted by Gasteiger charge is -2.20. The van der Waals surface area contributed by atoms with E-state index in [2.05, 4.69) is 62.6 Å². The van der Waals surface area contributed by atoms with E-state index in [0.29, 0.717) is 0 Å². The number of anilines is 2. The van der Waals surface area contributed by atoms with Crippen molar-refractivity contribution < 1.29 is 0 Å². The lowest BCUT2D eigenvalue weighted by Crippen LogP contribution is -2.10. The third-order valence-corrected chi connectivity index (χ3v) is 4.12. The number of rotatable bonds is 6. The fourth-order valence-corrected chi connectivity index (χ4v) is 2.82. The van der Waals surface area contributed by atoms with Gasteiger partial charge in [0.2, 0.25) is 0 Å². The first-order chi connectivity index (χ1) is 10.5. The zero-order valence-corrected chi connectivity index (χ0v) is 14.6. The van der Waals surface area contributed by atoms with Gasteiger partial charge in [-0.05, 0) is 68.1 Å². The van der Waals surface area contributed by atoms with E-state index in [-0.39, 0.29) is 6.04 Å². The summed E-state index contributed by atoms with van der Waals surface area (Å²) in [4.78, 5) is 0. The van der Waals surface area contributed by atoms with E-state index in [4.69, 9.17) is 11.6 Å². The molecule has 0 aliphatic carbocycles. The summed E-state index contributed by atoms with van der Waals surface area (Å²) in [5, 5.41) is 7.84. The second kappa shape index (κ2) is 7.55. The summed E-state index contributed by atoms with van der Waals surface area (Å²) in [6, 6.07) is 12.8. The highest BCUT2D eigenvalue weighted by molar-refractivity contribution is 6.30. The van der Waals surface area contributed by atoms with E-state index in [9.17, 15) is 0 Å². The summed E-state index contributed by atoms with van der Waals surface area (Å²) >= 11 is 6.05. The number of hydrogen-bond acceptors (Lipinski definition) is 2. The van der Waals surface area contributed by atoms with Crippen molar-refractivity contribution in [2.24, 2.45) is 0 Å². The van der Waals surface area contributed by atoms with Crippen LogP contribution in [0.3, 0.4) is 0 Å². The van der Waals surface area contributed by atoms with Crippen LogP contribution in [0.5, 0.6) is 0 Å². The van der Waals surface area contributed by atoms with E-state index < -0.39 is 0 Å². The topological polar surface area (TPSA) is 24.1 Å². The third-order valence-electron chi connectivity index (χ3n) is 3.89. The molecule has 1 atom stereocenters. The molecular formula is C19H25ClN2. The average molecular weight is 317 g/mol. The van der Waals surface area contributed by atoms with Gasteiger partial charge in [-0.1, -0.05) is 30.7 Å². The summed E-state index contributed by atoms with van der Waals surface area (Å²) < 4.78 is 0. The molecule has 0 aliphatic heterocycles. The average Bonchev–Trinajstić information content (AvgIpc) is 2.47. The Labute approximate surface area is 138 Å². The summed E-state index contributed by atoms with van der Waals surface area (Å²) in [6.45, 7) is 9.58. The summed E-state index contributed by atoms with van der Waals surface area (Å²) in [5.74, 6) is 0. The minimum absolute atomic E-state index is 0.234. The Kier molecular flexibility index (Phi) is 5.73. The number of benzene rings is 2. The molecule has 2 rings (SSSR count). The zero-order valence-electron chi connectivity index (χ0n) is 13.8. The van der Waals surface area contributed by atoms with Gasteiger partial charge < -0.3 is 10.6 Å². The molecule has 0 aromatic heterocycles. The summed E-state index contributed by atoms with van der Waals surface area (Å²) in [5.41, 5.74) is 6.07. The molecule has 0 radical (unpaired) electrons. The smallest absolute Gasteiger partial charge is 0.0488 e. The Morgan fingerprint density at radius 3 is 2.50 bits per heavy atom. The summed E-state index contributed by atoms with van der Waals surface area (Å²) in [7, 11) is 0. The SMILES string of the molecule is CCCNc1ccc(C)c(NC(C)c2ccc(Cl)cc2C)c1. The maximum absolute atomic E-state index is 6.05. The number of halogens is 1. The minimum Gasteiger partial charge on any atom is -0.385 e. The normalized spacial score (nSPS) is 12.0.